The minimum atomic E-state index is -4.49. The molecule has 2 N–H and O–H groups in total. The molecular formula is C18H14ClF3N2O2. The molecule has 1 fully saturated rings. The molecule has 1 aliphatic rings. The highest BCUT2D eigenvalue weighted by Crippen LogP contribution is 2.40. The Morgan fingerprint density at radius 3 is 2.00 bits per heavy atom. The van der Waals surface area contributed by atoms with Crippen LogP contribution in [0.1, 0.15) is 12.0 Å². The van der Waals surface area contributed by atoms with Crippen molar-refractivity contribution in [2.75, 3.05) is 10.6 Å². The Morgan fingerprint density at radius 1 is 0.923 bits per heavy atom. The highest BCUT2D eigenvalue weighted by molar-refractivity contribution is 6.30. The second-order valence-corrected chi connectivity index (χ2v) is 6.45. The van der Waals surface area contributed by atoms with Crippen LogP contribution in [-0.2, 0) is 15.8 Å². The summed E-state index contributed by atoms with van der Waals surface area (Å²) in [5.74, 6) is -1.88. The van der Waals surface area contributed by atoms with Crippen LogP contribution >= 0.6 is 11.6 Å². The zero-order chi connectivity index (χ0) is 18.9. The summed E-state index contributed by atoms with van der Waals surface area (Å²) in [5.41, 5.74) is -0.279. The van der Waals surface area contributed by atoms with Crippen LogP contribution in [-0.4, -0.2) is 11.8 Å². The molecule has 2 amide bonds. The Labute approximate surface area is 152 Å². The molecule has 26 heavy (non-hydrogen) atoms. The summed E-state index contributed by atoms with van der Waals surface area (Å²) in [6, 6.07) is 11.0. The Kier molecular flexibility index (Phi) is 4.91. The topological polar surface area (TPSA) is 58.2 Å². The number of benzene rings is 2. The highest BCUT2D eigenvalue weighted by atomic mass is 35.5. The summed E-state index contributed by atoms with van der Waals surface area (Å²) >= 11 is 5.84. The quantitative estimate of drug-likeness (QED) is 0.813. The summed E-state index contributed by atoms with van der Waals surface area (Å²) in [4.78, 5) is 24.3. The minimum Gasteiger partial charge on any atom is -0.326 e. The molecule has 1 saturated carbocycles. The number of hydrogen-bond acceptors (Lipinski definition) is 2. The van der Waals surface area contributed by atoms with Crippen molar-refractivity contribution >= 4 is 34.8 Å². The van der Waals surface area contributed by atoms with Gasteiger partial charge < -0.3 is 10.6 Å². The molecule has 2 aromatic carbocycles. The molecule has 8 heteroatoms. The molecule has 0 spiro atoms. The zero-order valence-electron chi connectivity index (χ0n) is 13.3. The first-order chi connectivity index (χ1) is 12.2. The number of amides is 2. The third-order valence-corrected chi connectivity index (χ3v) is 4.25. The Balaban J connectivity index is 1.58. The van der Waals surface area contributed by atoms with E-state index in [1.807, 2.05) is 0 Å². The van der Waals surface area contributed by atoms with E-state index in [9.17, 15) is 22.8 Å². The van der Waals surface area contributed by atoms with Crippen molar-refractivity contribution in [1.29, 1.82) is 0 Å². The van der Waals surface area contributed by atoms with Crippen LogP contribution in [0.4, 0.5) is 24.5 Å². The number of halogens is 4. The van der Waals surface area contributed by atoms with Gasteiger partial charge in [0, 0.05) is 16.4 Å². The van der Waals surface area contributed by atoms with E-state index in [1.54, 1.807) is 24.3 Å². The third-order valence-electron chi connectivity index (χ3n) is 4.01. The van der Waals surface area contributed by atoms with Crippen LogP contribution in [0.3, 0.4) is 0 Å². The van der Waals surface area contributed by atoms with Gasteiger partial charge in [-0.3, -0.25) is 9.59 Å². The molecule has 0 aliphatic heterocycles. The Bertz CT molecular complexity index is 854. The van der Waals surface area contributed by atoms with E-state index in [-0.39, 0.29) is 11.6 Å². The fraction of sp³-hybridized carbons (Fsp3) is 0.222. The summed E-state index contributed by atoms with van der Waals surface area (Å²) in [7, 11) is 0. The lowest BCUT2D eigenvalue weighted by Gasteiger charge is -2.10. The largest absolute Gasteiger partial charge is 0.416 e. The van der Waals surface area contributed by atoms with Crippen LogP contribution in [0.15, 0.2) is 48.5 Å². The molecule has 3 rings (SSSR count). The van der Waals surface area contributed by atoms with Gasteiger partial charge in [-0.25, -0.2) is 0 Å². The number of anilines is 2. The molecule has 1 aliphatic carbocycles. The normalized spacial score (nSPS) is 18.9. The summed E-state index contributed by atoms with van der Waals surface area (Å²) in [6.07, 6.45) is -4.14. The van der Waals surface area contributed by atoms with Crippen molar-refractivity contribution < 1.29 is 22.8 Å². The molecule has 136 valence electrons. The lowest BCUT2D eigenvalue weighted by atomic mass is 10.2. The van der Waals surface area contributed by atoms with E-state index in [0.717, 1.165) is 12.1 Å². The van der Waals surface area contributed by atoms with Gasteiger partial charge >= 0.3 is 6.18 Å². The maximum atomic E-state index is 12.7. The molecule has 0 saturated heterocycles. The molecule has 4 nitrogen and oxygen atoms in total. The molecule has 0 heterocycles. The lowest BCUT2D eigenvalue weighted by molar-refractivity contribution is -0.137. The first kappa shape index (κ1) is 18.3. The monoisotopic (exact) mass is 382 g/mol. The van der Waals surface area contributed by atoms with Crippen molar-refractivity contribution in [3.05, 3.63) is 59.1 Å². The van der Waals surface area contributed by atoms with Gasteiger partial charge in [0.05, 0.1) is 17.4 Å². The van der Waals surface area contributed by atoms with Gasteiger partial charge in [-0.1, -0.05) is 23.7 Å². The molecular weight excluding hydrogens is 369 g/mol. The predicted octanol–water partition coefficient (Wildman–Crippen LogP) is 4.57. The number of carbonyl (C=O) groups is 2. The first-order valence-electron chi connectivity index (χ1n) is 7.78. The summed E-state index contributed by atoms with van der Waals surface area (Å²) in [5, 5.41) is 5.57. The van der Waals surface area contributed by atoms with E-state index >= 15 is 0 Å². The average Bonchev–Trinajstić information content (AvgIpc) is 3.35. The summed E-state index contributed by atoms with van der Waals surface area (Å²) in [6.45, 7) is 0. The van der Waals surface area contributed by atoms with Gasteiger partial charge in [-0.2, -0.15) is 13.2 Å². The fourth-order valence-electron chi connectivity index (χ4n) is 2.58. The van der Waals surface area contributed by atoms with Crippen LogP contribution in [0.25, 0.3) is 0 Å². The molecule has 2 unspecified atom stereocenters. The van der Waals surface area contributed by atoms with Crippen LogP contribution < -0.4 is 10.6 Å². The van der Waals surface area contributed by atoms with E-state index in [4.69, 9.17) is 11.6 Å². The second-order valence-electron chi connectivity index (χ2n) is 6.02. The van der Waals surface area contributed by atoms with Crippen molar-refractivity contribution in [2.24, 2.45) is 11.8 Å². The minimum absolute atomic E-state index is 0.0470. The van der Waals surface area contributed by atoms with E-state index in [0.29, 0.717) is 17.1 Å². The number of alkyl halides is 3. The average molecular weight is 383 g/mol. The standard InChI is InChI=1S/C18H14ClF3N2O2/c19-11-4-2-6-13(8-11)24-17(26)15-9-14(15)16(25)23-12-5-1-3-10(7-12)18(20,21)22/h1-8,14-15H,9H2,(H,23,25)(H,24,26). The van der Waals surface area contributed by atoms with Crippen LogP contribution in [0.5, 0.6) is 0 Å². The second kappa shape index (κ2) is 6.99. The molecule has 0 aromatic heterocycles. The van der Waals surface area contributed by atoms with Crippen molar-refractivity contribution in [2.45, 2.75) is 12.6 Å². The number of carbonyl (C=O) groups excluding carboxylic acids is 2. The van der Waals surface area contributed by atoms with E-state index in [1.165, 1.54) is 12.1 Å². The van der Waals surface area contributed by atoms with Crippen molar-refractivity contribution in [3.63, 3.8) is 0 Å². The van der Waals surface area contributed by atoms with Gasteiger partial charge in [-0.05, 0) is 42.8 Å². The number of rotatable bonds is 4. The predicted molar refractivity (Wildman–Crippen MR) is 91.8 cm³/mol. The molecule has 2 atom stereocenters. The van der Waals surface area contributed by atoms with Gasteiger partial charge in [0.15, 0.2) is 0 Å². The molecule has 2 aromatic rings. The van der Waals surface area contributed by atoms with Crippen molar-refractivity contribution in [3.8, 4) is 0 Å². The first-order valence-corrected chi connectivity index (χ1v) is 8.16. The molecule has 0 bridgehead atoms. The third kappa shape index (κ3) is 4.35. The number of nitrogens with one attached hydrogen (secondary N) is 2. The maximum absolute atomic E-state index is 12.7. The van der Waals surface area contributed by atoms with E-state index < -0.39 is 29.5 Å². The SMILES string of the molecule is O=C(Nc1cccc(Cl)c1)C1CC1C(=O)Nc1cccc(C(F)(F)F)c1. The smallest absolute Gasteiger partial charge is 0.326 e. The van der Waals surface area contributed by atoms with Crippen LogP contribution in [0.2, 0.25) is 5.02 Å². The van der Waals surface area contributed by atoms with Gasteiger partial charge in [0.1, 0.15) is 0 Å². The fourth-order valence-corrected chi connectivity index (χ4v) is 2.77. The maximum Gasteiger partial charge on any atom is 0.416 e. The molecule has 0 radical (unpaired) electrons. The highest BCUT2D eigenvalue weighted by Gasteiger charge is 2.48. The van der Waals surface area contributed by atoms with Gasteiger partial charge in [0.2, 0.25) is 11.8 Å². The van der Waals surface area contributed by atoms with Gasteiger partial charge in [0.25, 0.3) is 0 Å². The zero-order valence-corrected chi connectivity index (χ0v) is 14.1. The summed E-state index contributed by atoms with van der Waals surface area (Å²) < 4.78 is 38.1. The number of hydrogen-bond donors (Lipinski definition) is 2. The Morgan fingerprint density at radius 2 is 1.46 bits per heavy atom. The van der Waals surface area contributed by atoms with E-state index in [2.05, 4.69) is 10.6 Å². The van der Waals surface area contributed by atoms with Crippen LogP contribution in [0, 0.1) is 11.8 Å². The van der Waals surface area contributed by atoms with Gasteiger partial charge in [-0.15, -0.1) is 0 Å². The Hall–Kier alpha value is -2.54. The lowest BCUT2D eigenvalue weighted by Crippen LogP contribution is -2.20. The van der Waals surface area contributed by atoms with Crippen molar-refractivity contribution in [1.82, 2.24) is 0 Å².